The van der Waals surface area contributed by atoms with Crippen molar-refractivity contribution < 1.29 is 18.7 Å². The molecule has 1 aromatic heterocycles. The monoisotopic (exact) mass is 517 g/mol. The summed E-state index contributed by atoms with van der Waals surface area (Å²) in [5.41, 5.74) is 1.56. The van der Waals surface area contributed by atoms with Crippen molar-refractivity contribution in [2.75, 3.05) is 13.2 Å². The average Bonchev–Trinajstić information content (AvgIpc) is 3.49. The maximum Gasteiger partial charge on any atom is 0.295 e. The molecule has 2 amide bonds. The quantitative estimate of drug-likeness (QED) is 0.561. The summed E-state index contributed by atoms with van der Waals surface area (Å²) in [4.78, 5) is 27.2. The second-order valence-electron chi connectivity index (χ2n) is 10.5. The largest absolute Gasteiger partial charge is 0.359 e. The van der Waals surface area contributed by atoms with E-state index in [2.05, 4.69) is 25.7 Å². The number of azo groups is 1. The highest BCUT2D eigenvalue weighted by atomic mass is 19.1. The third-order valence-corrected chi connectivity index (χ3v) is 7.31. The Morgan fingerprint density at radius 1 is 1.21 bits per heavy atom. The minimum atomic E-state index is -0.588. The standard InChI is InChI=1S/C27H28FN7O3/c1-15-12-34(13-23-31-32-24(35(15)23)22-14-38-27(2,3)29-22)26(37)19-10-16(8-9-20(19)28)11-21-17-6-4-5-7-18(17)25(36)33-30-21/h4-10,15,21-22,29H,11-14H2,1-3H3. The van der Waals surface area contributed by atoms with Gasteiger partial charge in [0.25, 0.3) is 11.8 Å². The number of carbonyl (C=O) groups excluding carboxylic acids is 2. The van der Waals surface area contributed by atoms with E-state index in [4.69, 9.17) is 4.74 Å². The van der Waals surface area contributed by atoms with Crippen LogP contribution in [0.2, 0.25) is 0 Å². The van der Waals surface area contributed by atoms with E-state index in [-0.39, 0.29) is 36.1 Å². The van der Waals surface area contributed by atoms with Gasteiger partial charge in [-0.1, -0.05) is 24.3 Å². The zero-order valence-corrected chi connectivity index (χ0v) is 21.4. The van der Waals surface area contributed by atoms with Crippen LogP contribution in [-0.4, -0.2) is 50.4 Å². The second kappa shape index (κ2) is 9.17. The lowest BCUT2D eigenvalue weighted by Crippen LogP contribution is -2.42. The number of amides is 2. The van der Waals surface area contributed by atoms with Gasteiger partial charge in [-0.25, -0.2) is 4.39 Å². The Kier molecular flexibility index (Phi) is 5.92. The molecular formula is C27H28FN7O3. The first-order chi connectivity index (χ1) is 18.2. The Morgan fingerprint density at radius 3 is 2.82 bits per heavy atom. The molecular weight excluding hydrogens is 489 g/mol. The van der Waals surface area contributed by atoms with Crippen LogP contribution in [0.25, 0.3) is 0 Å². The highest BCUT2D eigenvalue weighted by molar-refractivity contribution is 5.97. The third-order valence-electron chi connectivity index (χ3n) is 7.31. The molecule has 0 saturated carbocycles. The summed E-state index contributed by atoms with van der Waals surface area (Å²) in [5, 5.41) is 20.1. The van der Waals surface area contributed by atoms with Crippen molar-refractivity contribution in [2.24, 2.45) is 10.2 Å². The fourth-order valence-electron chi connectivity index (χ4n) is 5.52. The van der Waals surface area contributed by atoms with Gasteiger partial charge in [0.2, 0.25) is 0 Å². The molecule has 3 aromatic rings. The van der Waals surface area contributed by atoms with Gasteiger partial charge in [-0.15, -0.1) is 15.3 Å². The van der Waals surface area contributed by atoms with Gasteiger partial charge in [-0.2, -0.15) is 5.11 Å². The molecule has 1 saturated heterocycles. The number of carbonyl (C=O) groups is 2. The number of ether oxygens (including phenoxy) is 1. The van der Waals surface area contributed by atoms with Crippen LogP contribution in [0.1, 0.15) is 82.4 Å². The third kappa shape index (κ3) is 4.31. The maximum absolute atomic E-state index is 14.9. The Morgan fingerprint density at radius 2 is 2.03 bits per heavy atom. The topological polar surface area (TPSA) is 114 Å². The molecule has 3 unspecified atom stereocenters. The van der Waals surface area contributed by atoms with Crippen molar-refractivity contribution in [1.29, 1.82) is 0 Å². The molecule has 4 heterocycles. The van der Waals surface area contributed by atoms with Crippen LogP contribution < -0.4 is 5.32 Å². The first-order valence-corrected chi connectivity index (χ1v) is 12.7. The van der Waals surface area contributed by atoms with Gasteiger partial charge in [0.15, 0.2) is 11.6 Å². The fourth-order valence-corrected chi connectivity index (χ4v) is 5.52. The van der Waals surface area contributed by atoms with Crippen LogP contribution in [0, 0.1) is 5.82 Å². The normalized spacial score (nSPS) is 23.8. The summed E-state index contributed by atoms with van der Waals surface area (Å²) < 4.78 is 22.8. The Bertz CT molecular complexity index is 1470. The average molecular weight is 518 g/mol. The molecule has 1 N–H and O–H groups in total. The van der Waals surface area contributed by atoms with E-state index in [0.29, 0.717) is 31.0 Å². The molecule has 0 aliphatic carbocycles. The number of fused-ring (bicyclic) bond motifs is 2. The first kappa shape index (κ1) is 24.5. The van der Waals surface area contributed by atoms with Gasteiger partial charge in [-0.05, 0) is 50.1 Å². The van der Waals surface area contributed by atoms with Crippen LogP contribution in [-0.2, 0) is 17.7 Å². The van der Waals surface area contributed by atoms with Crippen LogP contribution in [0.15, 0.2) is 52.7 Å². The predicted octanol–water partition coefficient (Wildman–Crippen LogP) is 3.92. The van der Waals surface area contributed by atoms with Crippen molar-refractivity contribution >= 4 is 11.8 Å². The fraction of sp³-hybridized carbons (Fsp3) is 0.407. The minimum absolute atomic E-state index is 0.00684. The van der Waals surface area contributed by atoms with Gasteiger partial charge >= 0.3 is 0 Å². The second-order valence-corrected chi connectivity index (χ2v) is 10.5. The Labute approximate surface area is 218 Å². The Balaban J connectivity index is 1.22. The molecule has 11 heteroatoms. The van der Waals surface area contributed by atoms with E-state index < -0.39 is 17.4 Å². The summed E-state index contributed by atoms with van der Waals surface area (Å²) in [7, 11) is 0. The van der Waals surface area contributed by atoms with Gasteiger partial charge in [-0.3, -0.25) is 14.9 Å². The lowest BCUT2D eigenvalue weighted by Gasteiger charge is -2.33. The van der Waals surface area contributed by atoms with E-state index >= 15 is 0 Å². The SMILES string of the molecule is CC1CN(C(=O)c2cc(CC3N=NC(=O)c4ccccc43)ccc2F)Cc2nnc(C3COC(C)(C)N3)n21. The Hall–Kier alpha value is -3.83. The smallest absolute Gasteiger partial charge is 0.295 e. The summed E-state index contributed by atoms with van der Waals surface area (Å²) in [6.45, 7) is 7.02. The van der Waals surface area contributed by atoms with E-state index in [1.165, 1.54) is 6.07 Å². The number of rotatable bonds is 4. The molecule has 2 aromatic carbocycles. The molecule has 196 valence electrons. The maximum atomic E-state index is 14.9. The molecule has 6 rings (SSSR count). The molecule has 3 atom stereocenters. The van der Waals surface area contributed by atoms with Crippen molar-refractivity contribution in [1.82, 2.24) is 25.0 Å². The van der Waals surface area contributed by atoms with Crippen molar-refractivity contribution in [2.45, 2.75) is 57.6 Å². The zero-order chi connectivity index (χ0) is 26.6. The molecule has 1 fully saturated rings. The van der Waals surface area contributed by atoms with Crippen LogP contribution >= 0.6 is 0 Å². The summed E-state index contributed by atoms with van der Waals surface area (Å²) in [6, 6.07) is 11.1. The summed E-state index contributed by atoms with van der Waals surface area (Å²) in [6.07, 6.45) is 0.384. The minimum Gasteiger partial charge on any atom is -0.359 e. The molecule has 0 radical (unpaired) electrons. The lowest BCUT2D eigenvalue weighted by molar-refractivity contribution is 0.0231. The van der Waals surface area contributed by atoms with E-state index in [1.807, 2.05) is 37.5 Å². The number of halogens is 1. The van der Waals surface area contributed by atoms with Crippen LogP contribution in [0.3, 0.4) is 0 Å². The number of hydrogen-bond donors (Lipinski definition) is 1. The van der Waals surface area contributed by atoms with Crippen LogP contribution in [0.4, 0.5) is 4.39 Å². The van der Waals surface area contributed by atoms with Gasteiger partial charge in [0, 0.05) is 18.5 Å². The van der Waals surface area contributed by atoms with Crippen molar-refractivity contribution in [3.05, 3.63) is 82.2 Å². The van der Waals surface area contributed by atoms with Crippen LogP contribution in [0.5, 0.6) is 0 Å². The number of benzene rings is 2. The molecule has 0 spiro atoms. The molecule has 10 nitrogen and oxygen atoms in total. The summed E-state index contributed by atoms with van der Waals surface area (Å²) in [5.74, 6) is 0.0608. The molecule has 3 aliphatic heterocycles. The highest BCUT2D eigenvalue weighted by Crippen LogP contribution is 2.32. The van der Waals surface area contributed by atoms with Crippen molar-refractivity contribution in [3.63, 3.8) is 0 Å². The van der Waals surface area contributed by atoms with Gasteiger partial charge < -0.3 is 14.2 Å². The van der Waals surface area contributed by atoms with E-state index in [9.17, 15) is 14.0 Å². The number of nitrogens with one attached hydrogen (secondary N) is 1. The van der Waals surface area contributed by atoms with Gasteiger partial charge in [0.05, 0.1) is 30.8 Å². The summed E-state index contributed by atoms with van der Waals surface area (Å²) >= 11 is 0. The number of nitrogens with zero attached hydrogens (tertiary/aromatic N) is 6. The molecule has 3 aliphatic rings. The lowest BCUT2D eigenvalue weighted by atomic mass is 9.93. The number of aromatic nitrogens is 3. The zero-order valence-electron chi connectivity index (χ0n) is 21.4. The molecule has 38 heavy (non-hydrogen) atoms. The first-order valence-electron chi connectivity index (χ1n) is 12.7. The molecule has 0 bridgehead atoms. The number of hydrogen-bond acceptors (Lipinski definition) is 7. The van der Waals surface area contributed by atoms with E-state index in [0.717, 1.165) is 17.0 Å². The predicted molar refractivity (Wildman–Crippen MR) is 134 cm³/mol. The van der Waals surface area contributed by atoms with Gasteiger partial charge in [0.1, 0.15) is 17.6 Å². The van der Waals surface area contributed by atoms with Crippen molar-refractivity contribution in [3.8, 4) is 0 Å². The highest BCUT2D eigenvalue weighted by Gasteiger charge is 2.38. The van der Waals surface area contributed by atoms with E-state index in [1.54, 1.807) is 29.2 Å².